The van der Waals surface area contributed by atoms with Gasteiger partial charge in [0.25, 0.3) is 0 Å². The first-order valence-electron chi connectivity index (χ1n) is 6.16. The molecule has 1 aliphatic heterocycles. The van der Waals surface area contributed by atoms with Gasteiger partial charge in [0.05, 0.1) is 6.10 Å². The molecule has 1 atom stereocenters. The van der Waals surface area contributed by atoms with Crippen molar-refractivity contribution >= 4 is 6.01 Å². The van der Waals surface area contributed by atoms with Crippen LogP contribution in [0.4, 0.5) is 6.01 Å². The van der Waals surface area contributed by atoms with Crippen molar-refractivity contribution in [2.24, 2.45) is 0 Å². The lowest BCUT2D eigenvalue weighted by Gasteiger charge is -2.07. The Morgan fingerprint density at radius 1 is 1.28 bits per heavy atom. The van der Waals surface area contributed by atoms with Crippen molar-refractivity contribution < 1.29 is 9.26 Å². The molecular weight excluding hydrogens is 230 g/mol. The van der Waals surface area contributed by atoms with E-state index < -0.39 is 0 Å². The number of rotatable bonds is 4. The molecule has 1 unspecified atom stereocenters. The van der Waals surface area contributed by atoms with Gasteiger partial charge in [-0.2, -0.15) is 4.98 Å². The van der Waals surface area contributed by atoms with Crippen LogP contribution >= 0.6 is 0 Å². The molecule has 0 radical (unpaired) electrons. The highest BCUT2D eigenvalue weighted by Crippen LogP contribution is 2.18. The fourth-order valence-electron chi connectivity index (χ4n) is 2.01. The molecule has 2 heterocycles. The molecule has 1 saturated heterocycles. The van der Waals surface area contributed by atoms with E-state index >= 15 is 0 Å². The van der Waals surface area contributed by atoms with E-state index in [2.05, 4.69) is 15.5 Å². The third-order valence-corrected chi connectivity index (χ3v) is 2.96. The molecule has 0 aliphatic carbocycles. The average Bonchev–Trinajstić information content (AvgIpc) is 3.09. The molecule has 1 N–H and O–H groups in total. The third-order valence-electron chi connectivity index (χ3n) is 2.96. The minimum Gasteiger partial charge on any atom is -0.376 e. The second-order valence-corrected chi connectivity index (χ2v) is 4.31. The lowest BCUT2D eigenvalue weighted by Crippen LogP contribution is -2.18. The van der Waals surface area contributed by atoms with Gasteiger partial charge in [0.1, 0.15) is 0 Å². The minimum atomic E-state index is 0.261. The van der Waals surface area contributed by atoms with Crippen LogP contribution in [0.25, 0.3) is 11.4 Å². The van der Waals surface area contributed by atoms with Gasteiger partial charge in [-0.05, 0) is 12.8 Å². The number of nitrogens with zero attached hydrogens (tertiary/aromatic N) is 2. The van der Waals surface area contributed by atoms with Crippen LogP contribution < -0.4 is 5.32 Å². The number of benzene rings is 1. The van der Waals surface area contributed by atoms with Crippen LogP contribution in [0.15, 0.2) is 34.9 Å². The largest absolute Gasteiger partial charge is 0.376 e. The minimum absolute atomic E-state index is 0.261. The lowest BCUT2D eigenvalue weighted by molar-refractivity contribution is 0.120. The van der Waals surface area contributed by atoms with Crippen LogP contribution in [0.5, 0.6) is 0 Å². The summed E-state index contributed by atoms with van der Waals surface area (Å²) in [6, 6.07) is 10.2. The zero-order valence-corrected chi connectivity index (χ0v) is 10.0. The van der Waals surface area contributed by atoms with E-state index in [1.165, 1.54) is 0 Å². The van der Waals surface area contributed by atoms with E-state index in [1.807, 2.05) is 30.3 Å². The Morgan fingerprint density at radius 3 is 2.94 bits per heavy atom. The maximum absolute atomic E-state index is 5.51. The molecule has 1 aromatic heterocycles. The Labute approximate surface area is 105 Å². The van der Waals surface area contributed by atoms with Crippen LogP contribution in [-0.2, 0) is 4.74 Å². The van der Waals surface area contributed by atoms with E-state index in [0.29, 0.717) is 11.8 Å². The van der Waals surface area contributed by atoms with E-state index in [1.54, 1.807) is 0 Å². The standard InChI is InChI=1S/C13H15N3O2/c1-2-5-10(6-3-1)12-15-13(18-16-12)14-9-11-7-4-8-17-11/h1-3,5-6,11H,4,7-9H2,(H,14,15,16). The quantitative estimate of drug-likeness (QED) is 0.895. The molecular formula is C13H15N3O2. The van der Waals surface area contributed by atoms with Crippen molar-refractivity contribution in [2.75, 3.05) is 18.5 Å². The van der Waals surface area contributed by atoms with Gasteiger partial charge in [-0.3, -0.25) is 0 Å². The van der Waals surface area contributed by atoms with Crippen molar-refractivity contribution in [1.82, 2.24) is 10.1 Å². The predicted molar refractivity (Wildman–Crippen MR) is 67.2 cm³/mol. The average molecular weight is 245 g/mol. The van der Waals surface area contributed by atoms with Crippen LogP contribution in [0.1, 0.15) is 12.8 Å². The van der Waals surface area contributed by atoms with Gasteiger partial charge in [0.15, 0.2) is 0 Å². The van der Waals surface area contributed by atoms with Gasteiger partial charge in [0.2, 0.25) is 5.82 Å². The number of aromatic nitrogens is 2. The summed E-state index contributed by atoms with van der Waals surface area (Å²) in [5, 5.41) is 7.05. The fraction of sp³-hybridized carbons (Fsp3) is 0.385. The van der Waals surface area contributed by atoms with Gasteiger partial charge >= 0.3 is 6.01 Å². The van der Waals surface area contributed by atoms with Crippen LogP contribution in [-0.4, -0.2) is 29.4 Å². The van der Waals surface area contributed by atoms with Gasteiger partial charge in [-0.15, -0.1) is 0 Å². The summed E-state index contributed by atoms with van der Waals surface area (Å²) in [6.07, 6.45) is 2.48. The summed E-state index contributed by atoms with van der Waals surface area (Å²) in [6.45, 7) is 1.57. The monoisotopic (exact) mass is 245 g/mol. The Hall–Kier alpha value is -1.88. The summed E-state index contributed by atoms with van der Waals surface area (Å²) in [7, 11) is 0. The molecule has 5 heteroatoms. The molecule has 0 amide bonds. The summed E-state index contributed by atoms with van der Waals surface area (Å²) in [5.41, 5.74) is 0.950. The first-order chi connectivity index (χ1) is 8.92. The van der Waals surface area contributed by atoms with Crippen molar-refractivity contribution in [2.45, 2.75) is 18.9 Å². The molecule has 1 aromatic carbocycles. The SMILES string of the molecule is c1ccc(-c2noc(NCC3CCCO3)n2)cc1. The van der Waals surface area contributed by atoms with Crippen LogP contribution in [0.2, 0.25) is 0 Å². The number of anilines is 1. The fourth-order valence-corrected chi connectivity index (χ4v) is 2.01. The van der Waals surface area contributed by atoms with Crippen molar-refractivity contribution in [1.29, 1.82) is 0 Å². The smallest absolute Gasteiger partial charge is 0.321 e. The Bertz CT molecular complexity index is 492. The second-order valence-electron chi connectivity index (χ2n) is 4.31. The predicted octanol–water partition coefficient (Wildman–Crippen LogP) is 2.33. The molecule has 1 fully saturated rings. The van der Waals surface area contributed by atoms with Gasteiger partial charge in [-0.1, -0.05) is 35.5 Å². The summed E-state index contributed by atoms with van der Waals surface area (Å²) < 4.78 is 10.7. The van der Waals surface area contributed by atoms with Crippen LogP contribution in [0.3, 0.4) is 0 Å². The maximum Gasteiger partial charge on any atom is 0.321 e. The van der Waals surface area contributed by atoms with Crippen molar-refractivity contribution in [3.8, 4) is 11.4 Å². The number of nitrogens with one attached hydrogen (secondary N) is 1. The van der Waals surface area contributed by atoms with Gasteiger partial charge in [-0.25, -0.2) is 0 Å². The molecule has 3 rings (SSSR count). The molecule has 94 valence electrons. The molecule has 18 heavy (non-hydrogen) atoms. The summed E-state index contributed by atoms with van der Waals surface area (Å²) >= 11 is 0. The highest BCUT2D eigenvalue weighted by Gasteiger charge is 2.16. The van der Waals surface area contributed by atoms with Crippen LogP contribution in [0, 0.1) is 0 Å². The van der Waals surface area contributed by atoms with Gasteiger partial charge in [0, 0.05) is 18.7 Å². The van der Waals surface area contributed by atoms with Crippen molar-refractivity contribution in [3.05, 3.63) is 30.3 Å². The summed E-state index contributed by atoms with van der Waals surface area (Å²) in [4.78, 5) is 4.30. The van der Waals surface area contributed by atoms with E-state index in [4.69, 9.17) is 9.26 Å². The normalized spacial score (nSPS) is 19.0. The second kappa shape index (κ2) is 5.18. The maximum atomic E-state index is 5.51. The Morgan fingerprint density at radius 2 is 2.17 bits per heavy atom. The lowest BCUT2D eigenvalue weighted by atomic mass is 10.2. The number of ether oxygens (including phenoxy) is 1. The number of hydrogen-bond donors (Lipinski definition) is 1. The molecule has 0 spiro atoms. The highest BCUT2D eigenvalue weighted by molar-refractivity contribution is 5.54. The molecule has 0 saturated carbocycles. The number of hydrogen-bond acceptors (Lipinski definition) is 5. The topological polar surface area (TPSA) is 60.2 Å². The third kappa shape index (κ3) is 2.51. The molecule has 2 aromatic rings. The van der Waals surface area contributed by atoms with Gasteiger partial charge < -0.3 is 14.6 Å². The Kier molecular flexibility index (Phi) is 3.23. The molecule has 0 bridgehead atoms. The molecule has 5 nitrogen and oxygen atoms in total. The molecule has 1 aliphatic rings. The first kappa shape index (κ1) is 11.2. The first-order valence-corrected chi connectivity index (χ1v) is 6.16. The van der Waals surface area contributed by atoms with Crippen molar-refractivity contribution in [3.63, 3.8) is 0 Å². The van der Waals surface area contributed by atoms with E-state index in [0.717, 1.165) is 31.6 Å². The zero-order chi connectivity index (χ0) is 12.2. The summed E-state index contributed by atoms with van der Waals surface area (Å²) in [5.74, 6) is 0.602. The van der Waals surface area contributed by atoms with E-state index in [9.17, 15) is 0 Å². The van der Waals surface area contributed by atoms with E-state index in [-0.39, 0.29) is 6.10 Å². The highest BCUT2D eigenvalue weighted by atomic mass is 16.5. The zero-order valence-electron chi connectivity index (χ0n) is 10.0. The Balaban J connectivity index is 1.63.